The van der Waals surface area contributed by atoms with Gasteiger partial charge in [-0.25, -0.2) is 9.11 Å². The van der Waals surface area contributed by atoms with Gasteiger partial charge in [-0.3, -0.25) is 32.8 Å². The van der Waals surface area contributed by atoms with Gasteiger partial charge in [0.15, 0.2) is 12.5 Å². The van der Waals surface area contributed by atoms with E-state index in [0.29, 0.717) is 0 Å². The Morgan fingerprint density at radius 1 is 1.18 bits per heavy atom. The summed E-state index contributed by atoms with van der Waals surface area (Å²) in [6.07, 6.45) is -9.95. The van der Waals surface area contributed by atoms with Crippen LogP contribution in [0.25, 0.3) is 0 Å². The van der Waals surface area contributed by atoms with E-state index in [1.54, 1.807) is 0 Å². The molecule has 3 unspecified atom stereocenters. The molecule has 0 spiro atoms. The van der Waals surface area contributed by atoms with Crippen LogP contribution in [0, 0.1) is 0 Å². The zero-order chi connectivity index (χ0) is 28.6. The van der Waals surface area contributed by atoms with Crippen LogP contribution in [0.15, 0.2) is 21.9 Å². The fourth-order valence-corrected chi connectivity index (χ4v) is 5.85. The molecule has 0 aromatic carbocycles. The standard InChI is InChI=1S/C17H28N4O15P2/c1-6-10(18)13(25)11(19-7(2)22)16(33-6)35-38(30,31)36-37(28,29)32-5-8-12(24)14(26)15(34-8)21-4-3-9(23)20-17(21)27/h3-4,6,8,10-16,24-26H,5,18H2,1-2H3,(H,19,22)(H,28,29)(H,30,31)(H,20,23,27)/p-1/t6-,8-,10-,11-,12-,13+,14-,15-,16?/m1/s1. The van der Waals surface area contributed by atoms with Gasteiger partial charge >= 0.3 is 5.69 Å². The van der Waals surface area contributed by atoms with Crippen LogP contribution < -0.4 is 32.1 Å². The minimum atomic E-state index is -5.79. The van der Waals surface area contributed by atoms with Crippen LogP contribution in [0.1, 0.15) is 20.1 Å². The maximum Gasteiger partial charge on any atom is 0.330 e. The molecule has 19 nitrogen and oxygen atoms in total. The molecule has 216 valence electrons. The average molecular weight is 589 g/mol. The second kappa shape index (κ2) is 11.7. The van der Waals surface area contributed by atoms with E-state index in [1.807, 2.05) is 4.98 Å². The fraction of sp³-hybridized carbons (Fsp3) is 0.706. The van der Waals surface area contributed by atoms with Crippen LogP contribution in [0.5, 0.6) is 0 Å². The van der Waals surface area contributed by atoms with Crippen molar-refractivity contribution >= 4 is 21.6 Å². The number of H-pyrrole nitrogens is 1. The van der Waals surface area contributed by atoms with Crippen molar-refractivity contribution in [3.8, 4) is 0 Å². The number of carbonyl (C=O) groups excluding carboxylic acids is 1. The summed E-state index contributed by atoms with van der Waals surface area (Å²) in [5, 5.41) is 32.9. The van der Waals surface area contributed by atoms with Gasteiger partial charge in [0.2, 0.25) is 5.91 Å². The number of carbonyl (C=O) groups is 1. The Labute approximate surface area is 213 Å². The molecule has 0 aliphatic carbocycles. The van der Waals surface area contributed by atoms with Crippen LogP contribution in [0.3, 0.4) is 0 Å². The molecule has 0 radical (unpaired) electrons. The zero-order valence-electron chi connectivity index (χ0n) is 19.8. The summed E-state index contributed by atoms with van der Waals surface area (Å²) in [5.41, 5.74) is 1.91. The van der Waals surface area contributed by atoms with E-state index < -0.39 is 94.5 Å². The van der Waals surface area contributed by atoms with Gasteiger partial charge in [-0.05, 0) is 6.92 Å². The summed E-state index contributed by atoms with van der Waals surface area (Å²) < 4.78 is 48.9. The van der Waals surface area contributed by atoms with Gasteiger partial charge in [0.1, 0.15) is 42.6 Å². The summed E-state index contributed by atoms with van der Waals surface area (Å²) in [5.74, 6) is -0.688. The van der Waals surface area contributed by atoms with Gasteiger partial charge in [-0.1, -0.05) is 0 Å². The van der Waals surface area contributed by atoms with Crippen LogP contribution >= 0.6 is 15.6 Å². The van der Waals surface area contributed by atoms with Gasteiger partial charge in [0.25, 0.3) is 21.2 Å². The molecule has 3 rings (SSSR count). The average Bonchev–Trinajstić information content (AvgIpc) is 3.06. The van der Waals surface area contributed by atoms with E-state index in [9.17, 15) is 48.6 Å². The summed E-state index contributed by atoms with van der Waals surface area (Å²) in [4.78, 5) is 61.0. The van der Waals surface area contributed by atoms with Crippen LogP contribution in [0.2, 0.25) is 0 Å². The number of ether oxygens (including phenoxy) is 2. The Bertz CT molecular complexity index is 1220. The van der Waals surface area contributed by atoms with Crippen molar-refractivity contribution in [2.75, 3.05) is 6.61 Å². The second-order valence-electron chi connectivity index (χ2n) is 8.53. The molecule has 38 heavy (non-hydrogen) atoms. The highest BCUT2D eigenvalue weighted by molar-refractivity contribution is 7.59. The highest BCUT2D eigenvalue weighted by Gasteiger charge is 2.47. The summed E-state index contributed by atoms with van der Waals surface area (Å²) in [6, 6.07) is -1.33. The van der Waals surface area contributed by atoms with Crippen LogP contribution in [-0.2, 0) is 36.8 Å². The van der Waals surface area contributed by atoms with Gasteiger partial charge in [-0.2, -0.15) is 0 Å². The molecule has 1 aromatic rings. The van der Waals surface area contributed by atoms with Gasteiger partial charge in [0.05, 0.1) is 6.61 Å². The second-order valence-corrected chi connectivity index (χ2v) is 11.4. The number of aliphatic hydroxyl groups is 3. The third-order valence-corrected chi connectivity index (χ3v) is 8.25. The SMILES string of the molecule is CC(=O)N[C@H]1C(OP(=O)([O-])OP(=O)([O-])OC[C@H]2O[C@@H](n3ccc(=O)[nH]c3=O)[C@H](O)[C@@H]2O)O[C@H](C)[C@@H]([NH3+])[C@@H]1O. The Balaban J connectivity index is 1.64. The molecule has 2 aliphatic rings. The highest BCUT2D eigenvalue weighted by Crippen LogP contribution is 2.57. The van der Waals surface area contributed by atoms with Crippen molar-refractivity contribution in [3.05, 3.63) is 33.1 Å². The number of nitrogens with one attached hydrogen (secondary N) is 2. The van der Waals surface area contributed by atoms with E-state index in [2.05, 4.69) is 24.4 Å². The lowest BCUT2D eigenvalue weighted by atomic mass is 9.96. The lowest BCUT2D eigenvalue weighted by Gasteiger charge is -2.42. The number of rotatable bonds is 9. The number of aromatic amines is 1. The van der Waals surface area contributed by atoms with E-state index in [1.165, 1.54) is 6.92 Å². The van der Waals surface area contributed by atoms with Crippen molar-refractivity contribution in [3.63, 3.8) is 0 Å². The minimum absolute atomic E-state index is 0.688. The first-order chi connectivity index (χ1) is 17.5. The Morgan fingerprint density at radius 2 is 1.84 bits per heavy atom. The quantitative estimate of drug-likeness (QED) is 0.146. The molecular weight excluding hydrogens is 562 g/mol. The zero-order valence-corrected chi connectivity index (χ0v) is 21.6. The van der Waals surface area contributed by atoms with E-state index in [0.717, 1.165) is 23.8 Å². The molecule has 3 heterocycles. The number of hydrogen-bond donors (Lipinski definition) is 6. The number of quaternary nitrogens is 1. The molecule has 1 aromatic heterocycles. The lowest BCUT2D eigenvalue weighted by Crippen LogP contribution is -2.78. The number of aromatic nitrogens is 2. The van der Waals surface area contributed by atoms with Gasteiger partial charge in [-0.15, -0.1) is 0 Å². The smallest absolute Gasteiger partial charge is 0.330 e. The number of amides is 1. The van der Waals surface area contributed by atoms with E-state index >= 15 is 0 Å². The van der Waals surface area contributed by atoms with Crippen molar-refractivity contribution in [1.82, 2.24) is 14.9 Å². The van der Waals surface area contributed by atoms with Gasteiger partial charge in [0, 0.05) is 19.2 Å². The summed E-state index contributed by atoms with van der Waals surface area (Å²) >= 11 is 0. The van der Waals surface area contributed by atoms with E-state index in [4.69, 9.17) is 9.47 Å². The first kappa shape index (κ1) is 30.7. The third-order valence-electron chi connectivity index (χ3n) is 5.71. The maximum absolute atomic E-state index is 12.3. The number of nitrogens with zero attached hydrogens (tertiary/aromatic N) is 1. The number of phosphoric acid groups is 2. The van der Waals surface area contributed by atoms with Crippen molar-refractivity contribution in [2.45, 2.75) is 69.0 Å². The number of aliphatic hydroxyl groups excluding tert-OH is 3. The molecule has 8 N–H and O–H groups in total. The molecule has 1 amide bonds. The normalized spacial score (nSPS) is 36.8. The maximum atomic E-state index is 12.3. The van der Waals surface area contributed by atoms with Crippen LogP contribution in [0.4, 0.5) is 0 Å². The number of phosphoric ester groups is 2. The molecule has 2 aliphatic heterocycles. The fourth-order valence-electron chi connectivity index (χ4n) is 3.76. The lowest BCUT2D eigenvalue weighted by molar-refractivity contribution is -0.475. The van der Waals surface area contributed by atoms with Crippen molar-refractivity contribution in [1.29, 1.82) is 0 Å². The molecule has 0 saturated carbocycles. The molecule has 0 bridgehead atoms. The summed E-state index contributed by atoms with van der Waals surface area (Å²) in [7, 11) is -11.5. The van der Waals surface area contributed by atoms with Crippen molar-refractivity contribution in [2.24, 2.45) is 0 Å². The molecule has 21 heteroatoms. The van der Waals surface area contributed by atoms with Crippen molar-refractivity contribution < 1.29 is 67.6 Å². The Hall–Kier alpha value is -1.83. The first-order valence-corrected chi connectivity index (χ1v) is 13.9. The monoisotopic (exact) mass is 589 g/mol. The first-order valence-electron chi connectivity index (χ1n) is 10.9. The Morgan fingerprint density at radius 3 is 2.45 bits per heavy atom. The predicted octanol–water partition coefficient (Wildman–Crippen LogP) is -5.64. The number of hydrogen-bond acceptors (Lipinski definition) is 15. The predicted molar refractivity (Wildman–Crippen MR) is 115 cm³/mol. The molecular formula is C17H27N4O15P2-. The summed E-state index contributed by atoms with van der Waals surface area (Å²) in [6.45, 7) is 1.43. The molecule has 11 atom stereocenters. The largest absolute Gasteiger partial charge is 0.756 e. The topological polar surface area (TPSA) is 299 Å². The van der Waals surface area contributed by atoms with E-state index in [-0.39, 0.29) is 0 Å². The van der Waals surface area contributed by atoms with Gasteiger partial charge < -0.3 is 50.2 Å². The Kier molecular flexibility index (Phi) is 9.48. The molecule has 2 fully saturated rings. The highest BCUT2D eigenvalue weighted by atomic mass is 31.3. The third kappa shape index (κ3) is 7.22. The molecule has 2 saturated heterocycles. The van der Waals surface area contributed by atoms with Crippen LogP contribution in [-0.4, -0.2) is 86.3 Å². The minimum Gasteiger partial charge on any atom is -0.756 e.